The van der Waals surface area contributed by atoms with Crippen molar-refractivity contribution in [1.82, 2.24) is 10.2 Å². The Balaban J connectivity index is 1.59. The zero-order valence-corrected chi connectivity index (χ0v) is 15.4. The van der Waals surface area contributed by atoms with Gasteiger partial charge in [-0.05, 0) is 30.6 Å². The number of hydrogen-bond acceptors (Lipinski definition) is 4. The molecule has 148 valence electrons. The van der Waals surface area contributed by atoms with Crippen molar-refractivity contribution in [1.29, 1.82) is 0 Å². The number of nitrogens with zero attached hydrogens (tertiary/aromatic N) is 1. The van der Waals surface area contributed by atoms with Crippen LogP contribution in [-0.2, 0) is 16.1 Å². The van der Waals surface area contributed by atoms with E-state index < -0.39 is 30.1 Å². The quantitative estimate of drug-likeness (QED) is 0.840. The highest BCUT2D eigenvalue weighted by molar-refractivity contribution is 7.99. The largest absolute Gasteiger partial charge is 0.445 e. The molecule has 1 N–H and O–H groups in total. The smallest absolute Gasteiger partial charge is 0.408 e. The average Bonchev–Trinajstić information content (AvgIpc) is 2.79. The van der Waals surface area contributed by atoms with Crippen LogP contribution >= 0.6 is 11.8 Å². The number of carbonyl (C=O) groups excluding carboxylic acids is 2. The number of halogens is 3. The van der Waals surface area contributed by atoms with Crippen molar-refractivity contribution in [2.45, 2.75) is 43.5 Å². The summed E-state index contributed by atoms with van der Waals surface area (Å²) in [5.74, 6) is -1.38. The Labute approximate surface area is 159 Å². The zero-order valence-electron chi connectivity index (χ0n) is 14.6. The molecule has 0 aromatic heterocycles. The van der Waals surface area contributed by atoms with Crippen molar-refractivity contribution < 1.29 is 27.5 Å². The fourth-order valence-electron chi connectivity index (χ4n) is 3.30. The molecule has 3 atom stereocenters. The number of alkyl halides is 3. The molecule has 0 unspecified atom stereocenters. The van der Waals surface area contributed by atoms with Crippen LogP contribution in [0.2, 0.25) is 0 Å². The summed E-state index contributed by atoms with van der Waals surface area (Å²) < 4.78 is 44.3. The highest BCUT2D eigenvalue weighted by atomic mass is 32.2. The van der Waals surface area contributed by atoms with Crippen LogP contribution in [0.25, 0.3) is 0 Å². The summed E-state index contributed by atoms with van der Waals surface area (Å²) in [5, 5.41) is 2.26. The third-order valence-corrected chi connectivity index (χ3v) is 6.14. The van der Waals surface area contributed by atoms with Gasteiger partial charge in [-0.1, -0.05) is 30.3 Å². The van der Waals surface area contributed by atoms with Gasteiger partial charge in [0.1, 0.15) is 12.6 Å². The predicted octanol–water partition coefficient (Wildman–Crippen LogP) is 3.55. The number of ether oxygens (including phenoxy) is 1. The van der Waals surface area contributed by atoms with Crippen molar-refractivity contribution in [3.63, 3.8) is 0 Å². The van der Waals surface area contributed by atoms with Crippen LogP contribution in [0.4, 0.5) is 18.0 Å². The lowest BCUT2D eigenvalue weighted by Gasteiger charge is -2.39. The number of fused-ring (bicyclic) bond motifs is 1. The first-order valence-electron chi connectivity index (χ1n) is 8.80. The number of nitrogens with one attached hydrogen (secondary N) is 1. The lowest BCUT2D eigenvalue weighted by molar-refractivity contribution is -0.189. The SMILES string of the molecule is O=C(N[C@H]1CCS[C@H]2CC[C@@H](C(F)(F)F)CN2C1=O)OCc1ccccc1. The van der Waals surface area contributed by atoms with E-state index >= 15 is 0 Å². The van der Waals surface area contributed by atoms with Crippen LogP contribution in [0.1, 0.15) is 24.8 Å². The monoisotopic (exact) mass is 402 g/mol. The minimum atomic E-state index is -4.32. The van der Waals surface area contributed by atoms with Crippen molar-refractivity contribution in [3.8, 4) is 0 Å². The van der Waals surface area contributed by atoms with Crippen molar-refractivity contribution in [2.24, 2.45) is 5.92 Å². The van der Waals surface area contributed by atoms with Gasteiger partial charge in [-0.25, -0.2) is 4.79 Å². The Hall–Kier alpha value is -1.90. The number of thioether (sulfide) groups is 1. The molecule has 2 amide bonds. The third-order valence-electron chi connectivity index (χ3n) is 4.79. The normalized spacial score (nSPS) is 26.1. The molecule has 0 spiro atoms. The second-order valence-electron chi connectivity index (χ2n) is 6.68. The van der Waals surface area contributed by atoms with E-state index in [4.69, 9.17) is 4.74 Å². The number of benzene rings is 1. The molecule has 9 heteroatoms. The average molecular weight is 402 g/mol. The number of piperidine rings is 1. The number of hydrogen-bond donors (Lipinski definition) is 1. The Morgan fingerprint density at radius 2 is 1.96 bits per heavy atom. The minimum absolute atomic E-state index is 0.0299. The maximum Gasteiger partial charge on any atom is 0.408 e. The summed E-state index contributed by atoms with van der Waals surface area (Å²) >= 11 is 1.47. The fourth-order valence-corrected chi connectivity index (χ4v) is 4.62. The number of alkyl carbamates (subject to hydrolysis) is 1. The number of carbonyl (C=O) groups is 2. The topological polar surface area (TPSA) is 58.6 Å². The molecular weight excluding hydrogens is 381 g/mol. The standard InChI is InChI=1S/C18H21F3N2O3S/c19-18(20,21)13-6-7-15-23(10-13)16(24)14(8-9-27-15)22-17(25)26-11-12-4-2-1-3-5-12/h1-5,13-15H,6-11H2,(H,22,25)/t13-,14+,15+/m1/s1. The first-order valence-corrected chi connectivity index (χ1v) is 9.85. The van der Waals surface area contributed by atoms with Crippen molar-refractivity contribution >= 4 is 23.8 Å². The Kier molecular flexibility index (Phi) is 6.18. The molecule has 0 radical (unpaired) electrons. The third kappa shape index (κ3) is 5.09. The summed E-state index contributed by atoms with van der Waals surface area (Å²) in [7, 11) is 0. The van der Waals surface area contributed by atoms with Gasteiger partial charge in [0.05, 0.1) is 11.3 Å². The van der Waals surface area contributed by atoms with Gasteiger partial charge in [0.25, 0.3) is 0 Å². The molecule has 27 heavy (non-hydrogen) atoms. The molecule has 5 nitrogen and oxygen atoms in total. The second kappa shape index (κ2) is 8.41. The zero-order chi connectivity index (χ0) is 19.4. The van der Waals surface area contributed by atoms with Crippen LogP contribution in [0, 0.1) is 5.92 Å². The first-order chi connectivity index (χ1) is 12.8. The Bertz CT molecular complexity index is 672. The van der Waals surface area contributed by atoms with Gasteiger partial charge < -0.3 is 15.0 Å². The Morgan fingerprint density at radius 1 is 1.22 bits per heavy atom. The van der Waals surface area contributed by atoms with Gasteiger partial charge in [-0.2, -0.15) is 13.2 Å². The number of rotatable bonds is 3. The van der Waals surface area contributed by atoms with Gasteiger partial charge in [-0.3, -0.25) is 4.79 Å². The van der Waals surface area contributed by atoms with Gasteiger partial charge in [0, 0.05) is 6.54 Å². The highest BCUT2D eigenvalue weighted by Crippen LogP contribution is 2.39. The van der Waals surface area contributed by atoms with E-state index in [-0.39, 0.29) is 24.9 Å². The highest BCUT2D eigenvalue weighted by Gasteiger charge is 2.47. The van der Waals surface area contributed by atoms with Crippen molar-refractivity contribution in [3.05, 3.63) is 35.9 Å². The molecule has 2 fully saturated rings. The summed E-state index contributed by atoms with van der Waals surface area (Å²) in [6, 6.07) is 8.21. The summed E-state index contributed by atoms with van der Waals surface area (Å²) in [6.07, 6.45) is -4.36. The first kappa shape index (κ1) is 19.9. The van der Waals surface area contributed by atoms with E-state index in [1.54, 1.807) is 12.1 Å². The summed E-state index contributed by atoms with van der Waals surface area (Å²) in [6.45, 7) is -0.290. The lowest BCUT2D eigenvalue weighted by atomic mass is 9.96. The molecule has 2 aliphatic heterocycles. The summed E-state index contributed by atoms with van der Waals surface area (Å²) in [4.78, 5) is 26.1. The summed E-state index contributed by atoms with van der Waals surface area (Å²) in [5.41, 5.74) is 0.805. The Morgan fingerprint density at radius 3 is 2.67 bits per heavy atom. The molecule has 0 saturated carbocycles. The maximum atomic E-state index is 13.1. The lowest BCUT2D eigenvalue weighted by Crippen LogP contribution is -2.54. The van der Waals surface area contributed by atoms with Crippen LogP contribution in [0.3, 0.4) is 0 Å². The van der Waals surface area contributed by atoms with Crippen LogP contribution < -0.4 is 5.32 Å². The van der Waals surface area contributed by atoms with Gasteiger partial charge in [0.15, 0.2) is 0 Å². The van der Waals surface area contributed by atoms with Gasteiger partial charge >= 0.3 is 12.3 Å². The van der Waals surface area contributed by atoms with Crippen LogP contribution in [0.15, 0.2) is 30.3 Å². The maximum absolute atomic E-state index is 13.1. The van der Waals surface area contributed by atoms with E-state index in [1.807, 2.05) is 18.2 Å². The van der Waals surface area contributed by atoms with Gasteiger partial charge in [0.2, 0.25) is 5.91 Å². The van der Waals surface area contributed by atoms with E-state index in [0.29, 0.717) is 18.6 Å². The van der Waals surface area contributed by atoms with E-state index in [1.165, 1.54) is 16.7 Å². The number of amides is 2. The van der Waals surface area contributed by atoms with Crippen LogP contribution in [0.5, 0.6) is 0 Å². The fraction of sp³-hybridized carbons (Fsp3) is 0.556. The second-order valence-corrected chi connectivity index (χ2v) is 7.96. The molecule has 2 heterocycles. The van der Waals surface area contributed by atoms with Gasteiger partial charge in [-0.15, -0.1) is 11.8 Å². The van der Waals surface area contributed by atoms with E-state index in [9.17, 15) is 22.8 Å². The molecule has 1 aromatic carbocycles. The molecule has 0 aliphatic carbocycles. The van der Waals surface area contributed by atoms with Crippen molar-refractivity contribution in [2.75, 3.05) is 12.3 Å². The molecular formula is C18H21F3N2O3S. The molecule has 1 aromatic rings. The van der Waals surface area contributed by atoms with Crippen LogP contribution in [-0.4, -0.2) is 46.8 Å². The molecule has 0 bridgehead atoms. The molecule has 2 aliphatic rings. The molecule has 2 saturated heterocycles. The molecule has 3 rings (SSSR count). The van der Waals surface area contributed by atoms with E-state index in [2.05, 4.69) is 5.32 Å². The minimum Gasteiger partial charge on any atom is -0.445 e. The predicted molar refractivity (Wildman–Crippen MR) is 94.9 cm³/mol. The van der Waals surface area contributed by atoms with E-state index in [0.717, 1.165) is 5.56 Å².